The van der Waals surface area contributed by atoms with Crippen molar-refractivity contribution in [2.45, 2.75) is 71.9 Å². The zero-order chi connectivity index (χ0) is 15.9. The Morgan fingerprint density at radius 2 is 2.05 bits per heavy atom. The average Bonchev–Trinajstić information content (AvgIpc) is 2.83. The molecule has 4 heteroatoms. The highest BCUT2D eigenvalue weighted by molar-refractivity contribution is 5.13. The Balaban J connectivity index is 2.93. The van der Waals surface area contributed by atoms with E-state index >= 15 is 0 Å². The van der Waals surface area contributed by atoms with Crippen molar-refractivity contribution >= 4 is 0 Å². The molecule has 0 aliphatic rings. The van der Waals surface area contributed by atoms with Crippen molar-refractivity contribution in [3.63, 3.8) is 0 Å². The molecule has 2 atom stereocenters. The summed E-state index contributed by atoms with van der Waals surface area (Å²) in [5.41, 5.74) is 2.30. The Bertz CT molecular complexity index is 416. The normalized spacial score (nSPS) is 15.9. The Hall–Kier alpha value is -0.870. The molecule has 0 amide bonds. The number of ether oxygens (including phenoxy) is 1. The maximum absolute atomic E-state index is 6.09. The van der Waals surface area contributed by atoms with Gasteiger partial charge in [-0.15, -0.1) is 0 Å². The van der Waals surface area contributed by atoms with E-state index in [0.29, 0.717) is 6.04 Å². The molecule has 0 fully saturated rings. The lowest BCUT2D eigenvalue weighted by Crippen LogP contribution is -2.52. The van der Waals surface area contributed by atoms with Gasteiger partial charge in [0.25, 0.3) is 0 Å². The van der Waals surface area contributed by atoms with Crippen molar-refractivity contribution in [2.24, 2.45) is 7.05 Å². The smallest absolute Gasteiger partial charge is 0.0807 e. The van der Waals surface area contributed by atoms with Crippen LogP contribution < -0.4 is 5.32 Å². The molecule has 0 saturated carbocycles. The van der Waals surface area contributed by atoms with Gasteiger partial charge in [0.1, 0.15) is 0 Å². The minimum absolute atomic E-state index is 0.138. The van der Waals surface area contributed by atoms with E-state index in [1.807, 2.05) is 11.7 Å². The second kappa shape index (κ2) is 8.54. The van der Waals surface area contributed by atoms with Gasteiger partial charge < -0.3 is 10.1 Å². The predicted molar refractivity (Wildman–Crippen MR) is 88.7 cm³/mol. The molecule has 0 bridgehead atoms. The van der Waals surface area contributed by atoms with Gasteiger partial charge in [0.05, 0.1) is 11.3 Å². The summed E-state index contributed by atoms with van der Waals surface area (Å²) in [6.45, 7) is 12.6. The first-order chi connectivity index (χ1) is 10.0. The summed E-state index contributed by atoms with van der Waals surface area (Å²) in [4.78, 5) is 0. The molecule has 1 N–H and O–H groups in total. The van der Waals surface area contributed by atoms with Gasteiger partial charge in [0.2, 0.25) is 0 Å². The van der Waals surface area contributed by atoms with E-state index in [-0.39, 0.29) is 5.60 Å². The van der Waals surface area contributed by atoms with Gasteiger partial charge in [0.15, 0.2) is 0 Å². The molecule has 1 rings (SSSR count). The number of rotatable bonds is 10. The van der Waals surface area contributed by atoms with Crippen molar-refractivity contribution in [1.29, 1.82) is 0 Å². The number of aryl methyl sites for hydroxylation is 2. The third-order valence-corrected chi connectivity index (χ3v) is 4.36. The molecule has 1 aromatic heterocycles. The Morgan fingerprint density at radius 3 is 2.52 bits per heavy atom. The molecule has 1 aromatic rings. The lowest BCUT2D eigenvalue weighted by Gasteiger charge is -2.37. The molecule has 0 radical (unpaired) electrons. The van der Waals surface area contributed by atoms with Crippen LogP contribution in [-0.2, 0) is 24.6 Å². The van der Waals surface area contributed by atoms with Gasteiger partial charge >= 0.3 is 0 Å². The second-order valence-corrected chi connectivity index (χ2v) is 5.91. The van der Waals surface area contributed by atoms with Gasteiger partial charge in [-0.1, -0.05) is 20.8 Å². The van der Waals surface area contributed by atoms with Crippen LogP contribution in [0.2, 0.25) is 0 Å². The van der Waals surface area contributed by atoms with Gasteiger partial charge in [-0.2, -0.15) is 5.10 Å². The largest absolute Gasteiger partial charge is 0.374 e. The highest BCUT2D eigenvalue weighted by atomic mass is 16.5. The monoisotopic (exact) mass is 295 g/mol. The van der Waals surface area contributed by atoms with E-state index < -0.39 is 0 Å². The Labute approximate surface area is 130 Å². The topological polar surface area (TPSA) is 39.1 Å². The van der Waals surface area contributed by atoms with E-state index in [1.165, 1.54) is 5.69 Å². The van der Waals surface area contributed by atoms with Crippen molar-refractivity contribution < 1.29 is 4.74 Å². The second-order valence-electron chi connectivity index (χ2n) is 5.91. The van der Waals surface area contributed by atoms with Crippen molar-refractivity contribution in [1.82, 2.24) is 15.1 Å². The van der Waals surface area contributed by atoms with Crippen LogP contribution in [0, 0.1) is 0 Å². The van der Waals surface area contributed by atoms with Gasteiger partial charge in [-0.25, -0.2) is 0 Å². The molecule has 21 heavy (non-hydrogen) atoms. The number of hydrogen-bond donors (Lipinski definition) is 1. The van der Waals surface area contributed by atoms with Crippen LogP contribution in [0.1, 0.15) is 58.8 Å². The average molecular weight is 295 g/mol. The molecule has 0 aromatic carbocycles. The predicted octanol–water partition coefficient (Wildman–Crippen LogP) is 3.10. The third-order valence-electron chi connectivity index (χ3n) is 4.36. The Morgan fingerprint density at radius 1 is 1.33 bits per heavy atom. The van der Waals surface area contributed by atoms with Crippen LogP contribution in [0.25, 0.3) is 0 Å². The lowest BCUT2D eigenvalue weighted by molar-refractivity contribution is -0.0553. The number of aromatic nitrogens is 2. The third kappa shape index (κ3) is 4.82. The van der Waals surface area contributed by atoms with Crippen LogP contribution in [0.15, 0.2) is 6.07 Å². The van der Waals surface area contributed by atoms with E-state index in [9.17, 15) is 0 Å². The highest BCUT2D eigenvalue weighted by Gasteiger charge is 2.33. The maximum atomic E-state index is 6.09. The summed E-state index contributed by atoms with van der Waals surface area (Å²) in [6, 6.07) is 2.53. The molecule has 0 spiro atoms. The standard InChI is InChI=1S/C17H33N3O/c1-7-11-18-16(17(5,9-3)21-10-4)13-15-12-14(8-2)19-20(15)6/h12,16,18H,7-11,13H2,1-6H3. The number of hydrogen-bond acceptors (Lipinski definition) is 3. The van der Waals surface area contributed by atoms with Crippen molar-refractivity contribution in [3.05, 3.63) is 17.5 Å². The summed E-state index contributed by atoms with van der Waals surface area (Å²) in [7, 11) is 2.04. The number of nitrogens with zero attached hydrogens (tertiary/aromatic N) is 2. The lowest BCUT2D eigenvalue weighted by atomic mass is 9.89. The molecule has 4 nitrogen and oxygen atoms in total. The van der Waals surface area contributed by atoms with E-state index in [1.54, 1.807) is 0 Å². The fourth-order valence-electron chi connectivity index (χ4n) is 2.75. The minimum Gasteiger partial charge on any atom is -0.374 e. The number of nitrogens with one attached hydrogen (secondary N) is 1. The van der Waals surface area contributed by atoms with Crippen LogP contribution in [0.3, 0.4) is 0 Å². The first-order valence-corrected chi connectivity index (χ1v) is 8.39. The molecular formula is C17H33N3O. The summed E-state index contributed by atoms with van der Waals surface area (Å²) in [5, 5.41) is 8.25. The van der Waals surface area contributed by atoms with Gasteiger partial charge in [0, 0.05) is 31.8 Å². The molecule has 0 aliphatic heterocycles. The highest BCUT2D eigenvalue weighted by Crippen LogP contribution is 2.23. The van der Waals surface area contributed by atoms with Gasteiger partial charge in [-0.05, 0) is 45.7 Å². The summed E-state index contributed by atoms with van der Waals surface area (Å²) >= 11 is 0. The maximum Gasteiger partial charge on any atom is 0.0807 e. The molecular weight excluding hydrogens is 262 g/mol. The van der Waals surface area contributed by atoms with Crippen LogP contribution in [0.5, 0.6) is 0 Å². The zero-order valence-corrected chi connectivity index (χ0v) is 14.7. The molecule has 0 aliphatic carbocycles. The van der Waals surface area contributed by atoms with Crippen LogP contribution in [0.4, 0.5) is 0 Å². The van der Waals surface area contributed by atoms with Gasteiger partial charge in [-0.3, -0.25) is 4.68 Å². The molecule has 1 heterocycles. The van der Waals surface area contributed by atoms with E-state index in [4.69, 9.17) is 4.74 Å². The fourth-order valence-corrected chi connectivity index (χ4v) is 2.75. The van der Waals surface area contributed by atoms with E-state index in [0.717, 1.165) is 44.5 Å². The van der Waals surface area contributed by atoms with Crippen LogP contribution >= 0.6 is 0 Å². The zero-order valence-electron chi connectivity index (χ0n) is 14.7. The fraction of sp³-hybridized carbons (Fsp3) is 0.824. The summed E-state index contributed by atoms with van der Waals surface area (Å²) in [5.74, 6) is 0. The SMILES string of the molecule is CCCNC(Cc1cc(CC)nn1C)C(C)(CC)OCC. The van der Waals surface area contributed by atoms with Crippen LogP contribution in [-0.4, -0.2) is 34.6 Å². The first-order valence-electron chi connectivity index (χ1n) is 8.39. The molecule has 2 unspecified atom stereocenters. The van der Waals surface area contributed by atoms with Crippen molar-refractivity contribution in [2.75, 3.05) is 13.2 Å². The minimum atomic E-state index is -0.138. The van der Waals surface area contributed by atoms with E-state index in [2.05, 4.69) is 51.1 Å². The summed E-state index contributed by atoms with van der Waals surface area (Å²) in [6.07, 6.45) is 4.07. The Kier molecular flexibility index (Phi) is 7.40. The van der Waals surface area contributed by atoms with Crippen molar-refractivity contribution in [3.8, 4) is 0 Å². The first kappa shape index (κ1) is 18.2. The summed E-state index contributed by atoms with van der Waals surface area (Å²) < 4.78 is 8.11. The molecule has 0 saturated heterocycles. The molecule has 122 valence electrons. The quantitative estimate of drug-likeness (QED) is 0.721.